The number of ether oxygens (including phenoxy) is 2. The molecule has 0 saturated carbocycles. The normalized spacial score (nSPS) is 14.9. The van der Waals surface area contributed by atoms with Gasteiger partial charge >= 0.3 is 0 Å². The molecule has 0 saturated heterocycles. The van der Waals surface area contributed by atoms with Crippen molar-refractivity contribution in [3.63, 3.8) is 0 Å². The lowest BCUT2D eigenvalue weighted by molar-refractivity contribution is 0.192. The Labute approximate surface area is 207 Å². The van der Waals surface area contributed by atoms with Crippen LogP contribution in [-0.4, -0.2) is 69.8 Å². The molecular weight excluding hydrogens is 523 g/mol. The van der Waals surface area contributed by atoms with Crippen LogP contribution in [-0.2, 0) is 19.4 Å². The number of thiophene rings is 1. The van der Waals surface area contributed by atoms with Crippen LogP contribution in [0.4, 0.5) is 0 Å². The number of fused-ring (bicyclic) bond motifs is 1. The van der Waals surface area contributed by atoms with Gasteiger partial charge in [-0.2, -0.15) is 0 Å². The van der Waals surface area contributed by atoms with E-state index in [-0.39, 0.29) is 24.0 Å². The second kappa shape index (κ2) is 12.5. The molecule has 1 atom stereocenters. The molecule has 1 aliphatic rings. The van der Waals surface area contributed by atoms with Crippen molar-refractivity contribution in [3.05, 3.63) is 45.6 Å². The van der Waals surface area contributed by atoms with Gasteiger partial charge in [-0.1, -0.05) is 6.07 Å². The lowest BCUT2D eigenvalue weighted by Crippen LogP contribution is -2.47. The van der Waals surface area contributed by atoms with E-state index in [0.29, 0.717) is 6.04 Å². The van der Waals surface area contributed by atoms with E-state index in [1.807, 2.05) is 30.5 Å². The molecule has 2 aromatic rings. The summed E-state index contributed by atoms with van der Waals surface area (Å²) in [5.74, 6) is 2.45. The number of nitrogens with one attached hydrogen (secondary N) is 1. The van der Waals surface area contributed by atoms with Gasteiger partial charge in [0.2, 0.25) is 0 Å². The average molecular weight is 559 g/mol. The molecule has 0 amide bonds. The third-order valence-corrected chi connectivity index (χ3v) is 6.80. The molecule has 172 valence electrons. The summed E-state index contributed by atoms with van der Waals surface area (Å²) in [7, 11) is 7.26. The fraction of sp³-hybridized carbons (Fsp3) is 0.522. The highest BCUT2D eigenvalue weighted by Gasteiger charge is 2.21. The summed E-state index contributed by atoms with van der Waals surface area (Å²) in [6, 6.07) is 8.81. The molecule has 0 spiro atoms. The molecule has 1 aromatic carbocycles. The third kappa shape index (κ3) is 6.73. The Hall–Kier alpha value is -1.52. The molecule has 1 aromatic heterocycles. The molecule has 0 aliphatic carbocycles. The molecule has 0 fully saturated rings. The van der Waals surface area contributed by atoms with Crippen LogP contribution in [0, 0.1) is 0 Å². The molecule has 8 heteroatoms. The van der Waals surface area contributed by atoms with E-state index < -0.39 is 0 Å². The van der Waals surface area contributed by atoms with Crippen LogP contribution < -0.4 is 14.8 Å². The lowest BCUT2D eigenvalue weighted by atomic mass is 10.1. The Kier molecular flexibility index (Phi) is 10.4. The summed E-state index contributed by atoms with van der Waals surface area (Å²) in [4.78, 5) is 10.8. The summed E-state index contributed by atoms with van der Waals surface area (Å²) in [5, 5.41) is 5.77. The zero-order chi connectivity index (χ0) is 21.5. The van der Waals surface area contributed by atoms with Gasteiger partial charge in [0.1, 0.15) is 0 Å². The number of benzene rings is 1. The highest BCUT2D eigenvalue weighted by atomic mass is 127. The van der Waals surface area contributed by atoms with E-state index in [1.54, 1.807) is 19.1 Å². The number of likely N-dealkylation sites (N-methyl/N-ethyl adjacent to an activating group) is 1. The SMILES string of the molecule is CN=C(NCC(C)N1CCc2sccc2C1)N(C)CCc1ccc(OC)c(OC)c1.I. The first-order valence-corrected chi connectivity index (χ1v) is 11.4. The number of halogens is 1. The van der Waals surface area contributed by atoms with Crippen LogP contribution in [0.25, 0.3) is 0 Å². The number of aliphatic imine (C=N–C) groups is 1. The maximum absolute atomic E-state index is 5.41. The molecule has 2 heterocycles. The maximum atomic E-state index is 5.41. The van der Waals surface area contributed by atoms with E-state index in [0.717, 1.165) is 56.5 Å². The monoisotopic (exact) mass is 558 g/mol. The number of methoxy groups -OCH3 is 2. The smallest absolute Gasteiger partial charge is 0.193 e. The fourth-order valence-corrected chi connectivity index (χ4v) is 4.73. The van der Waals surface area contributed by atoms with Crippen molar-refractivity contribution in [2.45, 2.75) is 32.4 Å². The quantitative estimate of drug-likeness (QED) is 0.303. The summed E-state index contributed by atoms with van der Waals surface area (Å²) in [5.41, 5.74) is 2.71. The van der Waals surface area contributed by atoms with Crippen molar-refractivity contribution < 1.29 is 9.47 Å². The van der Waals surface area contributed by atoms with E-state index in [4.69, 9.17) is 9.47 Å². The van der Waals surface area contributed by atoms with E-state index in [9.17, 15) is 0 Å². The standard InChI is InChI=1S/C23H34N4O2S.HI/c1-17(27-12-9-22-19(16-27)10-13-30-22)15-25-23(24-2)26(3)11-8-18-6-7-20(28-4)21(14-18)29-5;/h6-7,10,13-14,17H,8-9,11-12,15-16H2,1-5H3,(H,24,25);1H. The van der Waals surface area contributed by atoms with Crippen molar-refractivity contribution in [2.24, 2.45) is 4.99 Å². The van der Waals surface area contributed by atoms with Crippen molar-refractivity contribution in [3.8, 4) is 11.5 Å². The molecule has 1 aliphatic heterocycles. The third-order valence-electron chi connectivity index (χ3n) is 5.77. The molecule has 1 N–H and O–H groups in total. The molecule has 6 nitrogen and oxygen atoms in total. The zero-order valence-electron chi connectivity index (χ0n) is 19.2. The first-order valence-electron chi connectivity index (χ1n) is 10.5. The van der Waals surface area contributed by atoms with Crippen molar-refractivity contribution >= 4 is 41.3 Å². The van der Waals surface area contributed by atoms with Crippen LogP contribution in [0.3, 0.4) is 0 Å². The minimum atomic E-state index is 0. The second-order valence-corrected chi connectivity index (χ2v) is 8.73. The topological polar surface area (TPSA) is 49.3 Å². The minimum Gasteiger partial charge on any atom is -0.493 e. The predicted molar refractivity (Wildman–Crippen MR) is 141 cm³/mol. The number of hydrogen-bond donors (Lipinski definition) is 1. The predicted octanol–water partition coefficient (Wildman–Crippen LogP) is 3.88. The van der Waals surface area contributed by atoms with Gasteiger partial charge in [-0.05, 0) is 54.5 Å². The highest BCUT2D eigenvalue weighted by Crippen LogP contribution is 2.28. The number of nitrogens with zero attached hydrogens (tertiary/aromatic N) is 3. The molecule has 31 heavy (non-hydrogen) atoms. The number of rotatable bonds is 8. The molecule has 0 bridgehead atoms. The first kappa shape index (κ1) is 25.7. The molecule has 1 unspecified atom stereocenters. The van der Waals surface area contributed by atoms with Gasteiger partial charge in [0.25, 0.3) is 0 Å². The number of guanidine groups is 1. The Balaban J connectivity index is 0.00000341. The molecule has 0 radical (unpaired) electrons. The van der Waals surface area contributed by atoms with Crippen LogP contribution in [0.1, 0.15) is 22.9 Å². The second-order valence-electron chi connectivity index (χ2n) is 7.73. The number of hydrogen-bond acceptors (Lipinski definition) is 5. The summed E-state index contributed by atoms with van der Waals surface area (Å²) < 4.78 is 10.7. The van der Waals surface area contributed by atoms with Crippen LogP contribution >= 0.6 is 35.3 Å². The Morgan fingerprint density at radius 2 is 2.03 bits per heavy atom. The summed E-state index contributed by atoms with van der Waals surface area (Å²) >= 11 is 1.89. The van der Waals surface area contributed by atoms with Gasteiger partial charge in [-0.15, -0.1) is 35.3 Å². The molecular formula is C23H35IN4O2S. The van der Waals surface area contributed by atoms with Crippen LogP contribution in [0.2, 0.25) is 0 Å². The van der Waals surface area contributed by atoms with Gasteiger partial charge in [-0.3, -0.25) is 9.89 Å². The average Bonchev–Trinajstić information content (AvgIpc) is 3.25. The van der Waals surface area contributed by atoms with Gasteiger partial charge in [0.05, 0.1) is 14.2 Å². The van der Waals surface area contributed by atoms with Gasteiger partial charge in [0.15, 0.2) is 17.5 Å². The largest absolute Gasteiger partial charge is 0.493 e. The highest BCUT2D eigenvalue weighted by molar-refractivity contribution is 14.0. The Bertz CT molecular complexity index is 858. The van der Waals surface area contributed by atoms with Crippen molar-refractivity contribution in [1.29, 1.82) is 0 Å². The summed E-state index contributed by atoms with van der Waals surface area (Å²) in [6.45, 7) is 6.22. The van der Waals surface area contributed by atoms with E-state index >= 15 is 0 Å². The van der Waals surface area contributed by atoms with Gasteiger partial charge < -0.3 is 19.7 Å². The summed E-state index contributed by atoms with van der Waals surface area (Å²) in [6.07, 6.45) is 2.07. The van der Waals surface area contributed by atoms with Crippen LogP contribution in [0.15, 0.2) is 34.6 Å². The Morgan fingerprint density at radius 3 is 2.74 bits per heavy atom. The van der Waals surface area contributed by atoms with E-state index in [2.05, 4.69) is 51.6 Å². The van der Waals surface area contributed by atoms with Gasteiger partial charge in [-0.25, -0.2) is 0 Å². The minimum absolute atomic E-state index is 0. The fourth-order valence-electron chi connectivity index (χ4n) is 3.84. The first-order chi connectivity index (χ1) is 14.5. The lowest BCUT2D eigenvalue weighted by Gasteiger charge is -2.33. The molecule has 3 rings (SSSR count). The maximum Gasteiger partial charge on any atom is 0.193 e. The van der Waals surface area contributed by atoms with Crippen LogP contribution in [0.5, 0.6) is 11.5 Å². The van der Waals surface area contributed by atoms with Crippen molar-refractivity contribution in [2.75, 3.05) is 47.9 Å². The van der Waals surface area contributed by atoms with Crippen molar-refractivity contribution in [1.82, 2.24) is 15.1 Å². The van der Waals surface area contributed by atoms with E-state index in [1.165, 1.54) is 11.1 Å². The Morgan fingerprint density at radius 1 is 1.26 bits per heavy atom. The zero-order valence-corrected chi connectivity index (χ0v) is 22.3. The van der Waals surface area contributed by atoms with Gasteiger partial charge in [0, 0.05) is 51.2 Å².